The second kappa shape index (κ2) is 7.49. The van der Waals surface area contributed by atoms with Gasteiger partial charge in [-0.15, -0.1) is 0 Å². The number of rotatable bonds is 7. The van der Waals surface area contributed by atoms with E-state index in [1.54, 1.807) is 0 Å². The molecule has 3 unspecified atom stereocenters. The van der Waals surface area contributed by atoms with Gasteiger partial charge in [-0.1, -0.05) is 36.4 Å². The molecule has 0 saturated heterocycles. The van der Waals surface area contributed by atoms with E-state index in [1.165, 1.54) is 5.56 Å². The number of hydrogen-bond acceptors (Lipinski definition) is 4. The summed E-state index contributed by atoms with van der Waals surface area (Å²) in [6.45, 7) is 2.83. The van der Waals surface area contributed by atoms with Crippen molar-refractivity contribution in [3.8, 4) is 11.5 Å². The molecule has 0 saturated carbocycles. The van der Waals surface area contributed by atoms with E-state index >= 15 is 0 Å². The van der Waals surface area contributed by atoms with Crippen molar-refractivity contribution >= 4 is 0 Å². The molecule has 3 rings (SSSR count). The quantitative estimate of drug-likeness (QED) is 0.824. The fraction of sp³-hybridized carbons (Fsp3) is 0.368. The number of benzene rings is 2. The maximum atomic E-state index is 10.0. The van der Waals surface area contributed by atoms with Gasteiger partial charge in [-0.2, -0.15) is 0 Å². The molecule has 1 aliphatic rings. The highest BCUT2D eigenvalue weighted by Gasteiger charge is 2.27. The second-order valence-corrected chi connectivity index (χ2v) is 5.94. The van der Waals surface area contributed by atoms with Crippen LogP contribution >= 0.6 is 0 Å². The van der Waals surface area contributed by atoms with Crippen LogP contribution in [0.15, 0.2) is 54.6 Å². The molecule has 2 N–H and O–H groups in total. The maximum Gasteiger partial charge on any atom is 0.123 e. The Morgan fingerprint density at radius 1 is 1.17 bits per heavy atom. The highest BCUT2D eigenvalue weighted by atomic mass is 16.5. The van der Waals surface area contributed by atoms with Crippen LogP contribution in [-0.4, -0.2) is 36.5 Å². The standard InChI is InChI=1S/C19H23NO3/c1-14(19-11-15-7-5-6-10-18(15)23-19)20-12-16(21)13-22-17-8-3-2-4-9-17/h2-10,14,16,19-21H,11-13H2,1H3. The van der Waals surface area contributed by atoms with Gasteiger partial charge in [0.05, 0.1) is 0 Å². The molecule has 4 nitrogen and oxygen atoms in total. The third-order valence-corrected chi connectivity index (χ3v) is 4.09. The summed E-state index contributed by atoms with van der Waals surface area (Å²) in [5, 5.41) is 13.4. The molecule has 0 amide bonds. The molecule has 1 heterocycles. The van der Waals surface area contributed by atoms with Gasteiger partial charge in [0.1, 0.15) is 30.3 Å². The van der Waals surface area contributed by atoms with Gasteiger partial charge in [-0.25, -0.2) is 0 Å². The molecule has 0 bridgehead atoms. The summed E-state index contributed by atoms with van der Waals surface area (Å²) < 4.78 is 11.5. The molecule has 23 heavy (non-hydrogen) atoms. The van der Waals surface area contributed by atoms with E-state index in [9.17, 15) is 5.11 Å². The Morgan fingerprint density at radius 3 is 2.70 bits per heavy atom. The predicted molar refractivity (Wildman–Crippen MR) is 90.0 cm³/mol. The van der Waals surface area contributed by atoms with Crippen molar-refractivity contribution in [2.45, 2.75) is 31.6 Å². The first-order valence-electron chi connectivity index (χ1n) is 8.06. The molecule has 2 aromatic carbocycles. The second-order valence-electron chi connectivity index (χ2n) is 5.94. The van der Waals surface area contributed by atoms with Gasteiger partial charge in [0.2, 0.25) is 0 Å². The van der Waals surface area contributed by atoms with E-state index in [1.807, 2.05) is 48.5 Å². The molecule has 0 radical (unpaired) electrons. The van der Waals surface area contributed by atoms with E-state index in [0.29, 0.717) is 6.54 Å². The zero-order valence-corrected chi connectivity index (χ0v) is 13.3. The van der Waals surface area contributed by atoms with Crippen molar-refractivity contribution in [1.82, 2.24) is 5.32 Å². The minimum Gasteiger partial charge on any atom is -0.491 e. The molecule has 0 aliphatic carbocycles. The van der Waals surface area contributed by atoms with Crippen LogP contribution in [0.3, 0.4) is 0 Å². The smallest absolute Gasteiger partial charge is 0.123 e. The Balaban J connectivity index is 1.40. The van der Waals surface area contributed by atoms with E-state index in [4.69, 9.17) is 9.47 Å². The largest absolute Gasteiger partial charge is 0.491 e. The lowest BCUT2D eigenvalue weighted by molar-refractivity contribution is 0.0960. The molecule has 0 fully saturated rings. The minimum atomic E-state index is -0.554. The summed E-state index contributed by atoms with van der Waals surface area (Å²) in [6, 6.07) is 17.8. The van der Waals surface area contributed by atoms with Crippen LogP contribution in [0, 0.1) is 0 Å². The Labute approximate surface area is 137 Å². The van der Waals surface area contributed by atoms with Gasteiger partial charge in [0.25, 0.3) is 0 Å². The van der Waals surface area contributed by atoms with E-state index < -0.39 is 6.10 Å². The van der Waals surface area contributed by atoms with Crippen LogP contribution in [0.1, 0.15) is 12.5 Å². The summed E-state index contributed by atoms with van der Waals surface area (Å²) in [5.74, 6) is 1.74. The summed E-state index contributed by atoms with van der Waals surface area (Å²) in [5.41, 5.74) is 1.25. The van der Waals surface area contributed by atoms with Crippen molar-refractivity contribution in [2.75, 3.05) is 13.2 Å². The van der Waals surface area contributed by atoms with Gasteiger partial charge in [-0.3, -0.25) is 0 Å². The topological polar surface area (TPSA) is 50.7 Å². The molecule has 122 valence electrons. The number of para-hydroxylation sites is 2. The molecule has 1 aliphatic heterocycles. The monoisotopic (exact) mass is 313 g/mol. The number of ether oxygens (including phenoxy) is 2. The molecule has 2 aromatic rings. The lowest BCUT2D eigenvalue weighted by Gasteiger charge is -2.22. The zero-order valence-electron chi connectivity index (χ0n) is 13.3. The molecular formula is C19H23NO3. The first-order chi connectivity index (χ1) is 11.2. The zero-order chi connectivity index (χ0) is 16.1. The minimum absolute atomic E-state index is 0.106. The first kappa shape index (κ1) is 15.8. The van der Waals surface area contributed by atoms with Gasteiger partial charge < -0.3 is 19.9 Å². The van der Waals surface area contributed by atoms with Crippen molar-refractivity contribution in [1.29, 1.82) is 0 Å². The van der Waals surface area contributed by atoms with Crippen LogP contribution in [-0.2, 0) is 6.42 Å². The third-order valence-electron chi connectivity index (χ3n) is 4.09. The average molecular weight is 313 g/mol. The molecule has 0 spiro atoms. The molecule has 3 atom stereocenters. The predicted octanol–water partition coefficient (Wildman–Crippen LogP) is 2.41. The lowest BCUT2D eigenvalue weighted by atomic mass is 10.1. The maximum absolute atomic E-state index is 10.0. The Bertz CT molecular complexity index is 592. The summed E-state index contributed by atoms with van der Waals surface area (Å²) in [4.78, 5) is 0. The van der Waals surface area contributed by atoms with Crippen LogP contribution in [0.4, 0.5) is 0 Å². The molecule has 4 heteroatoms. The number of hydrogen-bond donors (Lipinski definition) is 2. The molecule has 0 aromatic heterocycles. The van der Waals surface area contributed by atoms with Crippen molar-refractivity contribution in [2.24, 2.45) is 0 Å². The number of fused-ring (bicyclic) bond motifs is 1. The lowest BCUT2D eigenvalue weighted by Crippen LogP contribution is -2.44. The van der Waals surface area contributed by atoms with E-state index in [0.717, 1.165) is 17.9 Å². The van der Waals surface area contributed by atoms with Gasteiger partial charge in [0, 0.05) is 19.0 Å². The van der Waals surface area contributed by atoms with Crippen LogP contribution < -0.4 is 14.8 Å². The fourth-order valence-corrected chi connectivity index (χ4v) is 2.71. The summed E-state index contributed by atoms with van der Waals surface area (Å²) >= 11 is 0. The van der Waals surface area contributed by atoms with Crippen molar-refractivity contribution in [3.05, 3.63) is 60.2 Å². The Hall–Kier alpha value is -2.04. The van der Waals surface area contributed by atoms with Gasteiger partial charge >= 0.3 is 0 Å². The molecular weight excluding hydrogens is 290 g/mol. The highest BCUT2D eigenvalue weighted by Crippen LogP contribution is 2.29. The van der Waals surface area contributed by atoms with E-state index in [2.05, 4.69) is 18.3 Å². The van der Waals surface area contributed by atoms with Gasteiger partial charge in [0.15, 0.2) is 0 Å². The third kappa shape index (κ3) is 4.24. The van der Waals surface area contributed by atoms with Crippen LogP contribution in [0.25, 0.3) is 0 Å². The summed E-state index contributed by atoms with van der Waals surface area (Å²) in [6.07, 6.45) is 0.456. The normalized spacial score (nSPS) is 18.8. The van der Waals surface area contributed by atoms with E-state index in [-0.39, 0.29) is 18.8 Å². The van der Waals surface area contributed by atoms with Crippen LogP contribution in [0.5, 0.6) is 11.5 Å². The first-order valence-corrected chi connectivity index (χ1v) is 8.06. The number of aliphatic hydroxyl groups is 1. The Morgan fingerprint density at radius 2 is 1.91 bits per heavy atom. The fourth-order valence-electron chi connectivity index (χ4n) is 2.71. The van der Waals surface area contributed by atoms with Crippen LogP contribution in [0.2, 0.25) is 0 Å². The van der Waals surface area contributed by atoms with Gasteiger partial charge in [-0.05, 0) is 30.7 Å². The number of nitrogens with one attached hydrogen (secondary N) is 1. The highest BCUT2D eigenvalue weighted by molar-refractivity contribution is 5.37. The van der Waals surface area contributed by atoms with Crippen molar-refractivity contribution < 1.29 is 14.6 Å². The Kier molecular flexibility index (Phi) is 5.16. The average Bonchev–Trinajstić information content (AvgIpc) is 3.03. The summed E-state index contributed by atoms with van der Waals surface area (Å²) in [7, 11) is 0. The SMILES string of the molecule is CC(NCC(O)COc1ccccc1)C1Cc2ccccc2O1. The number of aliphatic hydroxyl groups excluding tert-OH is 1. The van der Waals surface area contributed by atoms with Crippen molar-refractivity contribution in [3.63, 3.8) is 0 Å².